The van der Waals surface area contributed by atoms with Crippen LogP contribution in [0.4, 0.5) is 9.59 Å². The van der Waals surface area contributed by atoms with Crippen LogP contribution in [-0.4, -0.2) is 47.9 Å². The molecule has 0 radical (unpaired) electrons. The Morgan fingerprint density at radius 2 is 2.24 bits per heavy atom. The number of fused-ring (bicyclic) bond motifs is 1. The summed E-state index contributed by atoms with van der Waals surface area (Å²) in [5.41, 5.74) is -0.501. The largest absolute Gasteiger partial charge is 0.444 e. The van der Waals surface area contributed by atoms with Crippen molar-refractivity contribution in [3.63, 3.8) is 0 Å². The molecule has 0 unspecified atom stereocenters. The van der Waals surface area contributed by atoms with Crippen molar-refractivity contribution in [1.82, 2.24) is 10.2 Å². The highest BCUT2D eigenvalue weighted by atomic mass is 16.6. The van der Waals surface area contributed by atoms with Crippen LogP contribution in [0.3, 0.4) is 0 Å². The lowest BCUT2D eigenvalue weighted by Gasteiger charge is -2.34. The van der Waals surface area contributed by atoms with Gasteiger partial charge in [-0.05, 0) is 27.2 Å². The van der Waals surface area contributed by atoms with E-state index in [-0.39, 0.29) is 18.2 Å². The highest BCUT2D eigenvalue weighted by Gasteiger charge is 2.40. The minimum Gasteiger partial charge on any atom is -0.444 e. The number of ether oxygens (including phenoxy) is 2. The van der Waals surface area contributed by atoms with Gasteiger partial charge in [-0.15, -0.1) is 0 Å². The van der Waals surface area contributed by atoms with Crippen LogP contribution in [0.1, 0.15) is 27.2 Å². The maximum absolute atomic E-state index is 11.8. The summed E-state index contributed by atoms with van der Waals surface area (Å²) < 4.78 is 10.4. The summed E-state index contributed by atoms with van der Waals surface area (Å²) in [7, 11) is 0. The smallest absolute Gasteiger partial charge is 0.410 e. The number of carbonyl (C=O) groups is 2. The molecule has 0 spiro atoms. The number of carbonyl (C=O) groups excluding carboxylic acids is 2. The maximum atomic E-state index is 11.8. The zero-order valence-electron chi connectivity index (χ0n) is 10.4. The molecule has 2 saturated heterocycles. The van der Waals surface area contributed by atoms with E-state index in [1.165, 1.54) is 0 Å². The quantitative estimate of drug-likeness (QED) is 0.690. The lowest BCUT2D eigenvalue weighted by Crippen LogP contribution is -2.51. The molecule has 96 valence electrons. The van der Waals surface area contributed by atoms with Crippen molar-refractivity contribution in [2.75, 3.05) is 13.1 Å². The van der Waals surface area contributed by atoms with E-state index < -0.39 is 11.7 Å². The summed E-state index contributed by atoms with van der Waals surface area (Å²) in [6, 6.07) is 0.0289. The minimum absolute atomic E-state index is 0.0289. The zero-order chi connectivity index (χ0) is 12.6. The van der Waals surface area contributed by atoms with Crippen molar-refractivity contribution in [2.24, 2.45) is 0 Å². The van der Waals surface area contributed by atoms with Gasteiger partial charge in [-0.25, -0.2) is 9.59 Å². The molecule has 6 nitrogen and oxygen atoms in total. The first kappa shape index (κ1) is 12.0. The van der Waals surface area contributed by atoms with Crippen LogP contribution in [0.5, 0.6) is 0 Å². The molecule has 2 rings (SSSR count). The van der Waals surface area contributed by atoms with Crippen LogP contribution in [0, 0.1) is 0 Å². The molecule has 1 N–H and O–H groups in total. The number of amides is 2. The van der Waals surface area contributed by atoms with Crippen molar-refractivity contribution < 1.29 is 19.1 Å². The first-order valence-electron chi connectivity index (χ1n) is 5.80. The average molecular weight is 242 g/mol. The minimum atomic E-state index is -0.501. The summed E-state index contributed by atoms with van der Waals surface area (Å²) in [5, 5.41) is 2.72. The predicted octanol–water partition coefficient (Wildman–Crippen LogP) is 1.10. The average Bonchev–Trinajstić information content (AvgIpc) is 2.53. The molecule has 0 aromatic rings. The monoisotopic (exact) mass is 242 g/mol. The lowest BCUT2D eigenvalue weighted by molar-refractivity contribution is 0.00520. The van der Waals surface area contributed by atoms with Crippen LogP contribution >= 0.6 is 0 Å². The number of alkyl carbamates (subject to hydrolysis) is 1. The Morgan fingerprint density at radius 1 is 1.53 bits per heavy atom. The summed E-state index contributed by atoms with van der Waals surface area (Å²) >= 11 is 0. The molecule has 0 aromatic carbocycles. The van der Waals surface area contributed by atoms with E-state index in [4.69, 9.17) is 9.47 Å². The Morgan fingerprint density at radius 3 is 2.88 bits per heavy atom. The lowest BCUT2D eigenvalue weighted by atomic mass is 10.0. The van der Waals surface area contributed by atoms with Crippen molar-refractivity contribution >= 4 is 12.2 Å². The molecule has 0 saturated carbocycles. The van der Waals surface area contributed by atoms with E-state index in [1.807, 2.05) is 20.8 Å². The fourth-order valence-corrected chi connectivity index (χ4v) is 2.02. The fraction of sp³-hybridized carbons (Fsp3) is 0.818. The topological polar surface area (TPSA) is 67.9 Å². The van der Waals surface area contributed by atoms with Gasteiger partial charge in [-0.3, -0.25) is 0 Å². The van der Waals surface area contributed by atoms with Crippen molar-refractivity contribution in [2.45, 2.75) is 44.9 Å². The van der Waals surface area contributed by atoms with Crippen LogP contribution in [0.25, 0.3) is 0 Å². The van der Waals surface area contributed by atoms with Crippen LogP contribution < -0.4 is 5.32 Å². The zero-order valence-corrected chi connectivity index (χ0v) is 10.4. The van der Waals surface area contributed by atoms with E-state index in [0.717, 1.165) is 0 Å². The Kier molecular flexibility index (Phi) is 2.89. The van der Waals surface area contributed by atoms with Crippen molar-refractivity contribution in [1.29, 1.82) is 0 Å². The van der Waals surface area contributed by atoms with Crippen LogP contribution in [-0.2, 0) is 9.47 Å². The van der Waals surface area contributed by atoms with E-state index in [0.29, 0.717) is 19.5 Å². The molecule has 0 bridgehead atoms. The Balaban J connectivity index is 1.92. The number of nitrogens with zero attached hydrogens (tertiary/aromatic N) is 1. The molecule has 0 aliphatic carbocycles. The number of piperidine rings is 1. The third-order valence-corrected chi connectivity index (χ3v) is 2.77. The molecule has 6 heteroatoms. The third kappa shape index (κ3) is 2.81. The molecule has 0 aromatic heterocycles. The summed E-state index contributed by atoms with van der Waals surface area (Å²) in [4.78, 5) is 24.5. The third-order valence-electron chi connectivity index (χ3n) is 2.77. The van der Waals surface area contributed by atoms with Gasteiger partial charge in [0.05, 0.1) is 12.6 Å². The number of hydrogen-bond donors (Lipinski definition) is 1. The molecular weight excluding hydrogens is 224 g/mol. The number of likely N-dealkylation sites (tertiary alicyclic amines) is 1. The highest BCUT2D eigenvalue weighted by Crippen LogP contribution is 2.21. The second-order valence-electron chi connectivity index (χ2n) is 5.41. The van der Waals surface area contributed by atoms with Crippen molar-refractivity contribution in [3.05, 3.63) is 0 Å². The number of nitrogens with one attached hydrogen (secondary N) is 1. The van der Waals surface area contributed by atoms with E-state index in [2.05, 4.69) is 5.32 Å². The second kappa shape index (κ2) is 4.09. The summed E-state index contributed by atoms with van der Waals surface area (Å²) in [5.74, 6) is 0. The fourth-order valence-electron chi connectivity index (χ4n) is 2.02. The summed E-state index contributed by atoms with van der Waals surface area (Å²) in [6.07, 6.45) is -0.288. The highest BCUT2D eigenvalue weighted by molar-refractivity contribution is 5.71. The molecule has 2 atom stereocenters. The first-order valence-corrected chi connectivity index (χ1v) is 5.80. The second-order valence-corrected chi connectivity index (χ2v) is 5.41. The van der Waals surface area contributed by atoms with Gasteiger partial charge in [0.25, 0.3) is 0 Å². The molecule has 2 aliphatic heterocycles. The van der Waals surface area contributed by atoms with E-state index in [1.54, 1.807) is 4.90 Å². The van der Waals surface area contributed by atoms with E-state index >= 15 is 0 Å². The first-order chi connectivity index (χ1) is 7.85. The normalized spacial score (nSPS) is 28.2. The van der Waals surface area contributed by atoms with Gasteiger partial charge in [0, 0.05) is 6.54 Å². The van der Waals surface area contributed by atoms with Gasteiger partial charge in [0.2, 0.25) is 0 Å². The standard InChI is InChI=1S/C11H18N2O4/c1-11(2,3)17-10(15)13-5-4-7-8(6-13)16-9(14)12-7/h7-8H,4-6H2,1-3H3,(H,12,14)/t7-,8+/m1/s1. The molecule has 2 amide bonds. The molecule has 2 heterocycles. The van der Waals surface area contributed by atoms with Crippen LogP contribution in [0.15, 0.2) is 0 Å². The molecule has 2 aliphatic rings. The van der Waals surface area contributed by atoms with Crippen LogP contribution in [0.2, 0.25) is 0 Å². The Labute approximate surface area is 100 Å². The van der Waals surface area contributed by atoms with Gasteiger partial charge in [-0.1, -0.05) is 0 Å². The van der Waals surface area contributed by atoms with Gasteiger partial charge in [0.15, 0.2) is 0 Å². The Bertz CT molecular complexity index is 337. The van der Waals surface area contributed by atoms with Gasteiger partial charge >= 0.3 is 12.2 Å². The number of hydrogen-bond acceptors (Lipinski definition) is 4. The van der Waals surface area contributed by atoms with Crippen molar-refractivity contribution in [3.8, 4) is 0 Å². The number of rotatable bonds is 0. The molecular formula is C11H18N2O4. The van der Waals surface area contributed by atoms with Gasteiger partial charge < -0.3 is 19.7 Å². The molecule has 2 fully saturated rings. The maximum Gasteiger partial charge on any atom is 0.410 e. The summed E-state index contributed by atoms with van der Waals surface area (Å²) in [6.45, 7) is 6.47. The predicted molar refractivity (Wildman–Crippen MR) is 59.6 cm³/mol. The SMILES string of the molecule is CC(C)(C)OC(=O)N1CC[C@H]2NC(=O)O[C@H]2C1. The van der Waals surface area contributed by atoms with Gasteiger partial charge in [0.1, 0.15) is 11.7 Å². The molecule has 17 heavy (non-hydrogen) atoms. The Hall–Kier alpha value is -1.46. The van der Waals surface area contributed by atoms with E-state index in [9.17, 15) is 9.59 Å². The van der Waals surface area contributed by atoms with Gasteiger partial charge in [-0.2, -0.15) is 0 Å².